The summed E-state index contributed by atoms with van der Waals surface area (Å²) in [6.45, 7) is 3.23. The average molecular weight is 595 g/mol. The van der Waals surface area contributed by atoms with E-state index in [1.807, 2.05) is 30.3 Å². The summed E-state index contributed by atoms with van der Waals surface area (Å²) in [6, 6.07) is 19.2. The number of hydrogen-bond donors (Lipinski definition) is 4. The first-order valence-electron chi connectivity index (χ1n) is 14.7. The third-order valence-corrected chi connectivity index (χ3v) is 7.59. The molecule has 0 aliphatic carbocycles. The van der Waals surface area contributed by atoms with Crippen molar-refractivity contribution in [3.05, 3.63) is 101 Å². The van der Waals surface area contributed by atoms with Gasteiger partial charge < -0.3 is 31.2 Å². The molecule has 1 aliphatic heterocycles. The number of ether oxygens (including phenoxy) is 2. The Kier molecular flexibility index (Phi) is 12.0. The van der Waals surface area contributed by atoms with Crippen molar-refractivity contribution in [2.75, 3.05) is 25.1 Å². The Labute approximate surface area is 251 Å². The lowest BCUT2D eigenvalue weighted by molar-refractivity contribution is -0.117. The quantitative estimate of drug-likeness (QED) is 0.221. The Hall–Kier alpha value is -3.86. The van der Waals surface area contributed by atoms with Crippen molar-refractivity contribution >= 4 is 17.7 Å². The van der Waals surface area contributed by atoms with E-state index in [-0.39, 0.29) is 42.9 Å². The van der Waals surface area contributed by atoms with Crippen LogP contribution in [0.2, 0.25) is 0 Å². The molecule has 0 bridgehead atoms. The molecule has 1 saturated heterocycles. The highest BCUT2D eigenvalue weighted by Gasteiger charge is 2.27. The summed E-state index contributed by atoms with van der Waals surface area (Å²) in [5.74, 6) is -1.24. The number of carbonyl (C=O) groups is 2. The minimum Gasteiger partial charge on any atom is -0.448 e. The van der Waals surface area contributed by atoms with E-state index in [2.05, 4.69) is 22.9 Å². The van der Waals surface area contributed by atoms with E-state index in [0.29, 0.717) is 37.2 Å². The van der Waals surface area contributed by atoms with Crippen molar-refractivity contribution in [3.63, 3.8) is 0 Å². The predicted octanol–water partition coefficient (Wildman–Crippen LogP) is 5.03. The van der Waals surface area contributed by atoms with E-state index in [0.717, 1.165) is 24.0 Å². The van der Waals surface area contributed by atoms with Gasteiger partial charge in [0.05, 0.1) is 24.8 Å². The number of halogens is 2. The summed E-state index contributed by atoms with van der Waals surface area (Å²) in [5.41, 5.74) is 9.00. The van der Waals surface area contributed by atoms with E-state index < -0.39 is 18.0 Å². The van der Waals surface area contributed by atoms with Gasteiger partial charge in [-0.3, -0.25) is 4.79 Å². The first-order chi connectivity index (χ1) is 20.8. The summed E-state index contributed by atoms with van der Waals surface area (Å²) in [6.07, 6.45) is 1.75. The first kappa shape index (κ1) is 32.1. The lowest BCUT2D eigenvalue weighted by atomic mass is 9.87. The second-order valence-electron chi connectivity index (χ2n) is 10.8. The second kappa shape index (κ2) is 16.1. The Morgan fingerprint density at radius 1 is 1.07 bits per heavy atom. The van der Waals surface area contributed by atoms with Crippen LogP contribution in [0.15, 0.2) is 72.8 Å². The molecule has 3 aromatic carbocycles. The highest BCUT2D eigenvalue weighted by Crippen LogP contribution is 2.27. The van der Waals surface area contributed by atoms with Crippen LogP contribution in [0.1, 0.15) is 48.8 Å². The number of anilines is 1. The number of carbonyl (C=O) groups excluding carboxylic acids is 2. The van der Waals surface area contributed by atoms with E-state index in [1.54, 1.807) is 24.3 Å². The van der Waals surface area contributed by atoms with E-state index in [9.17, 15) is 18.4 Å². The number of nitrogens with two attached hydrogens (primary N) is 1. The van der Waals surface area contributed by atoms with Crippen molar-refractivity contribution in [2.45, 2.75) is 63.3 Å². The molecule has 0 spiro atoms. The molecule has 8 nitrogen and oxygen atoms in total. The minimum atomic E-state index is -0.784. The van der Waals surface area contributed by atoms with E-state index in [4.69, 9.17) is 15.2 Å². The molecule has 1 unspecified atom stereocenters. The smallest absolute Gasteiger partial charge is 0.407 e. The number of rotatable bonds is 13. The van der Waals surface area contributed by atoms with Crippen LogP contribution in [-0.4, -0.2) is 49.9 Å². The van der Waals surface area contributed by atoms with Crippen LogP contribution in [0.5, 0.6) is 0 Å². The maximum Gasteiger partial charge on any atom is 0.407 e. The van der Waals surface area contributed by atoms with Gasteiger partial charge in [-0.2, -0.15) is 0 Å². The molecule has 4 rings (SSSR count). The summed E-state index contributed by atoms with van der Waals surface area (Å²) in [5, 5.41) is 8.81. The summed E-state index contributed by atoms with van der Waals surface area (Å²) in [4.78, 5) is 25.2. The highest BCUT2D eigenvalue weighted by atomic mass is 19.1. The molecule has 5 N–H and O–H groups in total. The summed E-state index contributed by atoms with van der Waals surface area (Å²) in [7, 11) is 0. The van der Waals surface area contributed by atoms with Crippen LogP contribution < -0.4 is 21.7 Å². The van der Waals surface area contributed by atoms with Crippen LogP contribution in [0.4, 0.5) is 19.3 Å². The fourth-order valence-electron chi connectivity index (χ4n) is 5.16. The van der Waals surface area contributed by atoms with Crippen molar-refractivity contribution in [1.29, 1.82) is 0 Å². The van der Waals surface area contributed by atoms with Crippen molar-refractivity contribution in [1.82, 2.24) is 10.6 Å². The van der Waals surface area contributed by atoms with Gasteiger partial charge >= 0.3 is 6.09 Å². The normalized spacial score (nSPS) is 18.0. The fourth-order valence-corrected chi connectivity index (χ4v) is 5.16. The van der Waals surface area contributed by atoms with Crippen LogP contribution in [-0.2, 0) is 27.2 Å². The van der Waals surface area contributed by atoms with Gasteiger partial charge in [0, 0.05) is 30.3 Å². The Balaban J connectivity index is 1.23. The maximum absolute atomic E-state index is 14.9. The van der Waals surface area contributed by atoms with Crippen LogP contribution in [0.25, 0.3) is 0 Å². The Bertz CT molecular complexity index is 1320. The molecule has 1 aliphatic rings. The lowest BCUT2D eigenvalue weighted by Gasteiger charge is -2.30. The van der Waals surface area contributed by atoms with Crippen LogP contribution in [0, 0.1) is 11.6 Å². The lowest BCUT2D eigenvalue weighted by Crippen LogP contribution is -2.49. The van der Waals surface area contributed by atoms with Crippen molar-refractivity contribution in [3.8, 4) is 0 Å². The summed E-state index contributed by atoms with van der Waals surface area (Å²) >= 11 is 0. The number of amides is 2. The number of hydrogen-bond acceptors (Lipinski definition) is 6. The molecule has 0 saturated carbocycles. The topological polar surface area (TPSA) is 115 Å². The second-order valence-corrected chi connectivity index (χ2v) is 10.8. The third kappa shape index (κ3) is 9.57. The van der Waals surface area contributed by atoms with Gasteiger partial charge in [0.2, 0.25) is 5.91 Å². The van der Waals surface area contributed by atoms with Crippen LogP contribution >= 0.6 is 0 Å². The summed E-state index contributed by atoms with van der Waals surface area (Å²) < 4.78 is 39.2. The number of benzene rings is 3. The zero-order chi connectivity index (χ0) is 30.6. The van der Waals surface area contributed by atoms with Gasteiger partial charge in [0.15, 0.2) is 0 Å². The SMILES string of the molecule is CCCC(c1ccccc1)[C@H](N)C(=O)Nc1cccc(F)c1CC[C@@H]1CN[C@H](COC(=O)NCc2ccc(F)cc2)CO1. The zero-order valence-electron chi connectivity index (χ0n) is 24.4. The van der Waals surface area contributed by atoms with Gasteiger partial charge in [-0.1, -0.05) is 61.9 Å². The van der Waals surface area contributed by atoms with E-state index >= 15 is 0 Å². The molecular formula is C33H40F2N4O4. The third-order valence-electron chi connectivity index (χ3n) is 7.59. The largest absolute Gasteiger partial charge is 0.448 e. The molecule has 1 heterocycles. The molecule has 1 fully saturated rings. The van der Waals surface area contributed by atoms with Crippen LogP contribution in [0.3, 0.4) is 0 Å². The molecule has 4 atom stereocenters. The predicted molar refractivity (Wildman–Crippen MR) is 162 cm³/mol. The molecule has 0 aromatic heterocycles. The Morgan fingerprint density at radius 2 is 1.84 bits per heavy atom. The molecule has 2 amide bonds. The molecule has 230 valence electrons. The van der Waals surface area contributed by atoms with Gasteiger partial charge in [-0.05, 0) is 54.7 Å². The number of nitrogens with one attached hydrogen (secondary N) is 3. The molecule has 43 heavy (non-hydrogen) atoms. The van der Waals surface area contributed by atoms with Crippen molar-refractivity contribution < 1.29 is 27.8 Å². The molecule has 0 radical (unpaired) electrons. The zero-order valence-corrected chi connectivity index (χ0v) is 24.4. The minimum absolute atomic E-state index is 0.119. The maximum atomic E-state index is 14.9. The first-order valence-corrected chi connectivity index (χ1v) is 14.7. The van der Waals surface area contributed by atoms with Gasteiger partial charge in [-0.25, -0.2) is 13.6 Å². The highest BCUT2D eigenvalue weighted by molar-refractivity contribution is 5.96. The van der Waals surface area contributed by atoms with E-state index in [1.165, 1.54) is 18.2 Å². The van der Waals surface area contributed by atoms with Gasteiger partial charge in [0.1, 0.15) is 18.2 Å². The van der Waals surface area contributed by atoms with Crippen molar-refractivity contribution in [2.24, 2.45) is 5.73 Å². The van der Waals surface area contributed by atoms with Gasteiger partial charge in [0.25, 0.3) is 0 Å². The number of morpholine rings is 1. The molecular weight excluding hydrogens is 554 g/mol. The monoisotopic (exact) mass is 594 g/mol. The Morgan fingerprint density at radius 3 is 2.53 bits per heavy atom. The average Bonchev–Trinajstić information content (AvgIpc) is 3.02. The van der Waals surface area contributed by atoms with Gasteiger partial charge in [-0.15, -0.1) is 0 Å². The number of alkyl carbamates (subject to hydrolysis) is 1. The standard InChI is InChI=1S/C33H40F2N4O4/c1-2-7-27(23-8-4-3-5-9-23)31(36)32(40)39-30-11-6-10-29(35)28(30)17-16-26-19-37-25(20-42-26)21-43-33(41)38-18-22-12-14-24(34)15-13-22/h3-6,8-15,25-27,31,37H,2,7,16-21,36H2,1H3,(H,38,41)(H,39,40)/t25-,26+,27?,31-/m0/s1. The molecule has 3 aromatic rings. The fraction of sp³-hybridized carbons (Fsp3) is 0.394. The molecule has 10 heteroatoms.